The Bertz CT molecular complexity index is 1200. The van der Waals surface area contributed by atoms with Gasteiger partial charge in [0.05, 0.1) is 26.5 Å². The number of benzene rings is 2. The second kappa shape index (κ2) is 11.6. The summed E-state index contributed by atoms with van der Waals surface area (Å²) in [6.07, 6.45) is 0. The number of rotatable bonds is 8. The molecule has 3 rings (SSSR count). The number of amides is 1. The number of aromatic nitrogens is 2. The molecule has 0 radical (unpaired) electrons. The molecule has 1 aromatic heterocycles. The minimum Gasteiger partial charge on any atom is -0.493 e. The van der Waals surface area contributed by atoms with E-state index in [0.717, 1.165) is 29.2 Å². The van der Waals surface area contributed by atoms with Gasteiger partial charge in [-0.1, -0.05) is 26.0 Å². The first kappa shape index (κ1) is 25.8. The van der Waals surface area contributed by atoms with Gasteiger partial charge in [-0.3, -0.25) is 14.8 Å². The molecule has 0 aliphatic heterocycles. The van der Waals surface area contributed by atoms with E-state index in [0.29, 0.717) is 35.5 Å². The van der Waals surface area contributed by atoms with Crippen molar-refractivity contribution in [2.75, 3.05) is 19.5 Å². The van der Waals surface area contributed by atoms with Crippen molar-refractivity contribution in [3.63, 3.8) is 0 Å². The van der Waals surface area contributed by atoms with Crippen LogP contribution >= 0.6 is 0 Å². The minimum atomic E-state index is -0.311. The van der Waals surface area contributed by atoms with Crippen molar-refractivity contribution in [1.29, 1.82) is 0 Å². The summed E-state index contributed by atoms with van der Waals surface area (Å²) in [5.41, 5.74) is 5.54. The van der Waals surface area contributed by atoms with Crippen LogP contribution in [-0.4, -0.2) is 35.9 Å². The lowest BCUT2D eigenvalue weighted by Crippen LogP contribution is -2.36. The summed E-state index contributed by atoms with van der Waals surface area (Å²) in [6.45, 7) is 11.6. The summed E-state index contributed by atoms with van der Waals surface area (Å²) in [5, 5.41) is 10.8. The Morgan fingerprint density at radius 2 is 1.74 bits per heavy atom. The highest BCUT2D eigenvalue weighted by Crippen LogP contribution is 2.27. The Labute approximate surface area is 207 Å². The minimum absolute atomic E-state index is 0.311. The molecule has 3 aromatic rings. The van der Waals surface area contributed by atoms with Gasteiger partial charge in [0.15, 0.2) is 11.5 Å². The lowest BCUT2D eigenvalue weighted by molar-refractivity contribution is 0.0976. The quantitative estimate of drug-likeness (QED) is 0.350. The van der Waals surface area contributed by atoms with Gasteiger partial charge in [-0.2, -0.15) is 5.10 Å². The second-order valence-electron chi connectivity index (χ2n) is 8.56. The smallest absolute Gasteiger partial charge is 0.258 e. The van der Waals surface area contributed by atoms with Crippen LogP contribution in [-0.2, 0) is 13.1 Å². The van der Waals surface area contributed by atoms with E-state index < -0.39 is 0 Å². The predicted octanol–water partition coefficient (Wildman–Crippen LogP) is 5.06. The molecule has 35 heavy (non-hydrogen) atoms. The van der Waals surface area contributed by atoms with Crippen molar-refractivity contribution in [3.8, 4) is 11.5 Å². The van der Waals surface area contributed by atoms with E-state index in [1.54, 1.807) is 25.3 Å². The summed E-state index contributed by atoms with van der Waals surface area (Å²) in [6, 6.07) is 13.1. The summed E-state index contributed by atoms with van der Waals surface area (Å²) >= 11 is 0. The Morgan fingerprint density at radius 1 is 1.06 bits per heavy atom. The zero-order valence-corrected chi connectivity index (χ0v) is 21.6. The molecule has 0 unspecified atom stereocenters. The second-order valence-corrected chi connectivity index (χ2v) is 8.56. The third kappa shape index (κ3) is 6.20. The van der Waals surface area contributed by atoms with Gasteiger partial charge in [-0.05, 0) is 62.6 Å². The van der Waals surface area contributed by atoms with Gasteiger partial charge < -0.3 is 14.8 Å². The highest BCUT2D eigenvalue weighted by Gasteiger charge is 2.15. The Kier molecular flexibility index (Phi) is 8.52. The number of guanidine groups is 1. The molecule has 2 N–H and O–H groups in total. The average molecular weight is 478 g/mol. The largest absolute Gasteiger partial charge is 0.493 e. The molecule has 0 saturated carbocycles. The van der Waals surface area contributed by atoms with E-state index in [9.17, 15) is 4.79 Å². The van der Waals surface area contributed by atoms with Gasteiger partial charge in [-0.15, -0.1) is 0 Å². The zero-order chi connectivity index (χ0) is 25.5. The molecule has 2 aromatic carbocycles. The predicted molar refractivity (Wildman–Crippen MR) is 140 cm³/mol. The van der Waals surface area contributed by atoms with Crippen LogP contribution in [0.2, 0.25) is 0 Å². The topological polar surface area (TPSA) is 89.8 Å². The fourth-order valence-electron chi connectivity index (χ4n) is 3.78. The first-order chi connectivity index (χ1) is 16.8. The number of aryl methyl sites for hydroxylation is 2. The molecule has 0 bridgehead atoms. The van der Waals surface area contributed by atoms with E-state index in [2.05, 4.69) is 48.6 Å². The van der Waals surface area contributed by atoms with Crippen LogP contribution in [0.5, 0.6) is 11.5 Å². The molecule has 0 atom stereocenters. The number of aliphatic imine (C=N–C) groups is 1. The van der Waals surface area contributed by atoms with E-state index in [1.807, 2.05) is 30.7 Å². The van der Waals surface area contributed by atoms with E-state index >= 15 is 0 Å². The van der Waals surface area contributed by atoms with E-state index in [1.165, 1.54) is 12.7 Å². The van der Waals surface area contributed by atoms with Crippen molar-refractivity contribution >= 4 is 17.6 Å². The summed E-state index contributed by atoms with van der Waals surface area (Å²) in [4.78, 5) is 17.8. The normalized spacial score (nSPS) is 11.5. The number of hydrogen-bond acceptors (Lipinski definition) is 5. The third-order valence-corrected chi connectivity index (χ3v) is 5.94. The third-order valence-electron chi connectivity index (χ3n) is 5.94. The van der Waals surface area contributed by atoms with Crippen LogP contribution in [0.1, 0.15) is 59.6 Å². The number of nitrogens with one attached hydrogen (secondary N) is 2. The molecule has 8 heteroatoms. The average Bonchev–Trinajstić information content (AvgIpc) is 3.14. The highest BCUT2D eigenvalue weighted by atomic mass is 16.5. The lowest BCUT2D eigenvalue weighted by Gasteiger charge is -2.14. The maximum absolute atomic E-state index is 13.1. The standard InChI is InChI=1S/C27H35N5O3/c1-8-32-19(5)23(18(4)31-32)16-28-27(29-22-12-9-20(10-13-22)17(2)3)30-26(33)21-11-14-24(34-6)25(15-21)35-7/h9-15,17H,8,16H2,1-7H3,(H2,28,29,30,33). The Hall–Kier alpha value is -3.81. The van der Waals surface area contributed by atoms with E-state index in [-0.39, 0.29) is 5.91 Å². The molecule has 1 amide bonds. The number of nitrogens with zero attached hydrogens (tertiary/aromatic N) is 3. The summed E-state index contributed by atoms with van der Waals surface area (Å²) < 4.78 is 12.6. The number of carbonyl (C=O) groups excluding carboxylic acids is 1. The fraction of sp³-hybridized carbons (Fsp3) is 0.370. The molecule has 0 fully saturated rings. The molecule has 0 spiro atoms. The molecule has 0 aliphatic rings. The maximum Gasteiger partial charge on any atom is 0.258 e. The lowest BCUT2D eigenvalue weighted by atomic mass is 10.0. The maximum atomic E-state index is 13.1. The molecule has 0 aliphatic carbocycles. The highest BCUT2D eigenvalue weighted by molar-refractivity contribution is 6.10. The number of carbonyl (C=O) groups is 1. The van der Waals surface area contributed by atoms with Gasteiger partial charge in [-0.25, -0.2) is 4.99 Å². The van der Waals surface area contributed by atoms with Crippen LogP contribution in [0.25, 0.3) is 0 Å². The number of hydrogen-bond donors (Lipinski definition) is 2. The Balaban J connectivity index is 1.89. The van der Waals surface area contributed by atoms with Gasteiger partial charge in [0.25, 0.3) is 5.91 Å². The van der Waals surface area contributed by atoms with Gasteiger partial charge in [0, 0.05) is 29.1 Å². The molecule has 8 nitrogen and oxygen atoms in total. The van der Waals surface area contributed by atoms with Crippen LogP contribution < -0.4 is 20.1 Å². The molecular weight excluding hydrogens is 442 g/mol. The molecule has 186 valence electrons. The van der Waals surface area contributed by atoms with Crippen molar-refractivity contribution in [1.82, 2.24) is 15.1 Å². The van der Waals surface area contributed by atoms with Gasteiger partial charge >= 0.3 is 0 Å². The van der Waals surface area contributed by atoms with Crippen LogP contribution in [0.15, 0.2) is 47.5 Å². The van der Waals surface area contributed by atoms with Crippen molar-refractivity contribution in [2.45, 2.75) is 53.6 Å². The summed E-state index contributed by atoms with van der Waals surface area (Å²) in [7, 11) is 3.09. The Morgan fingerprint density at radius 3 is 2.31 bits per heavy atom. The number of methoxy groups -OCH3 is 2. The number of anilines is 1. The van der Waals surface area contributed by atoms with Crippen molar-refractivity contribution < 1.29 is 14.3 Å². The number of ether oxygens (including phenoxy) is 2. The first-order valence-corrected chi connectivity index (χ1v) is 11.7. The van der Waals surface area contributed by atoms with Crippen LogP contribution in [0.4, 0.5) is 5.69 Å². The zero-order valence-electron chi connectivity index (χ0n) is 21.6. The van der Waals surface area contributed by atoms with Crippen LogP contribution in [0.3, 0.4) is 0 Å². The van der Waals surface area contributed by atoms with Gasteiger partial charge in [0.2, 0.25) is 5.96 Å². The van der Waals surface area contributed by atoms with Gasteiger partial charge in [0.1, 0.15) is 0 Å². The first-order valence-electron chi connectivity index (χ1n) is 11.7. The fourth-order valence-corrected chi connectivity index (χ4v) is 3.78. The summed E-state index contributed by atoms with van der Waals surface area (Å²) in [5.74, 6) is 1.51. The van der Waals surface area contributed by atoms with Crippen molar-refractivity contribution in [3.05, 3.63) is 70.5 Å². The SMILES string of the molecule is CCn1nc(C)c(CN=C(NC(=O)c2ccc(OC)c(OC)c2)Nc2ccc(C(C)C)cc2)c1C. The molecule has 1 heterocycles. The van der Waals surface area contributed by atoms with E-state index in [4.69, 9.17) is 14.5 Å². The molecular formula is C27H35N5O3. The monoisotopic (exact) mass is 477 g/mol. The van der Waals surface area contributed by atoms with Crippen molar-refractivity contribution in [2.24, 2.45) is 4.99 Å². The molecule has 0 saturated heterocycles. The van der Waals surface area contributed by atoms with Crippen LogP contribution in [0, 0.1) is 13.8 Å².